The molecule has 0 saturated carbocycles. The predicted molar refractivity (Wildman–Crippen MR) is 100 cm³/mol. The number of aryl methyl sites for hydroxylation is 2. The standard InChI is InChI=1S/C20H27N5/c1-14-7-15(2)9-16(8-14)10-22-20-23-11-17-12-25(13-19(17)24-20)18-3-5-21-6-4-18/h7-9,11,18,21H,3-6,10,12-13H2,1-2H3,(H,22,23,24). The number of benzene rings is 1. The Morgan fingerprint density at radius 2 is 1.88 bits per heavy atom. The Kier molecular flexibility index (Phi) is 4.68. The van der Waals surface area contributed by atoms with E-state index in [1.807, 2.05) is 6.20 Å². The first-order chi connectivity index (χ1) is 12.2. The molecule has 1 fully saturated rings. The summed E-state index contributed by atoms with van der Waals surface area (Å²) in [5.74, 6) is 0.741. The van der Waals surface area contributed by atoms with E-state index >= 15 is 0 Å². The summed E-state index contributed by atoms with van der Waals surface area (Å²) in [5.41, 5.74) is 6.35. The molecule has 0 unspecified atom stereocenters. The van der Waals surface area contributed by atoms with Crippen molar-refractivity contribution in [3.8, 4) is 0 Å². The molecule has 5 nitrogen and oxygen atoms in total. The zero-order chi connectivity index (χ0) is 17.2. The summed E-state index contributed by atoms with van der Waals surface area (Å²) >= 11 is 0. The zero-order valence-electron chi connectivity index (χ0n) is 15.2. The van der Waals surface area contributed by atoms with Crippen LogP contribution in [0.1, 0.15) is 40.8 Å². The van der Waals surface area contributed by atoms with Crippen molar-refractivity contribution >= 4 is 5.95 Å². The van der Waals surface area contributed by atoms with Crippen molar-refractivity contribution in [3.63, 3.8) is 0 Å². The van der Waals surface area contributed by atoms with Crippen molar-refractivity contribution in [2.75, 3.05) is 18.4 Å². The molecule has 25 heavy (non-hydrogen) atoms. The SMILES string of the molecule is Cc1cc(C)cc(CNc2ncc3c(n2)CN(C2CCNCC2)C3)c1. The van der Waals surface area contributed by atoms with Gasteiger partial charge < -0.3 is 10.6 Å². The number of nitrogens with zero attached hydrogens (tertiary/aromatic N) is 3. The van der Waals surface area contributed by atoms with Gasteiger partial charge in [-0.2, -0.15) is 0 Å². The number of anilines is 1. The number of fused-ring (bicyclic) bond motifs is 1. The third-order valence-corrected chi connectivity index (χ3v) is 5.24. The van der Waals surface area contributed by atoms with Crippen molar-refractivity contribution in [3.05, 3.63) is 52.3 Å². The van der Waals surface area contributed by atoms with Gasteiger partial charge in [-0.3, -0.25) is 4.90 Å². The molecule has 132 valence electrons. The molecule has 0 spiro atoms. The fourth-order valence-corrected chi connectivity index (χ4v) is 4.05. The van der Waals surface area contributed by atoms with Crippen LogP contribution in [0.3, 0.4) is 0 Å². The summed E-state index contributed by atoms with van der Waals surface area (Å²) in [6.45, 7) is 9.25. The molecule has 0 amide bonds. The molecule has 2 N–H and O–H groups in total. The van der Waals surface area contributed by atoms with E-state index in [1.54, 1.807) is 0 Å². The normalized spacial score (nSPS) is 18.3. The summed E-state index contributed by atoms with van der Waals surface area (Å²) in [4.78, 5) is 11.9. The van der Waals surface area contributed by atoms with Crippen LogP contribution in [-0.2, 0) is 19.6 Å². The van der Waals surface area contributed by atoms with E-state index in [0.717, 1.165) is 38.7 Å². The summed E-state index contributed by atoms with van der Waals surface area (Å²) in [7, 11) is 0. The van der Waals surface area contributed by atoms with E-state index in [4.69, 9.17) is 4.98 Å². The second kappa shape index (κ2) is 7.10. The predicted octanol–water partition coefficient (Wildman–Crippen LogP) is 2.77. The Morgan fingerprint density at radius 3 is 2.64 bits per heavy atom. The molecule has 2 aliphatic heterocycles. The first-order valence-corrected chi connectivity index (χ1v) is 9.28. The lowest BCUT2D eigenvalue weighted by molar-refractivity contribution is 0.162. The second-order valence-corrected chi connectivity index (χ2v) is 7.40. The third kappa shape index (κ3) is 3.83. The Morgan fingerprint density at radius 1 is 1.12 bits per heavy atom. The first kappa shape index (κ1) is 16.5. The summed E-state index contributed by atoms with van der Waals surface area (Å²) in [6, 6.07) is 7.31. The van der Waals surface area contributed by atoms with Crippen LogP contribution in [0.2, 0.25) is 0 Å². The monoisotopic (exact) mass is 337 g/mol. The van der Waals surface area contributed by atoms with E-state index in [1.165, 1.54) is 40.8 Å². The van der Waals surface area contributed by atoms with E-state index in [2.05, 4.69) is 52.6 Å². The number of hydrogen-bond acceptors (Lipinski definition) is 5. The maximum atomic E-state index is 4.78. The van der Waals surface area contributed by atoms with E-state index in [0.29, 0.717) is 6.04 Å². The van der Waals surface area contributed by atoms with Crippen LogP contribution < -0.4 is 10.6 Å². The van der Waals surface area contributed by atoms with Gasteiger partial charge in [0, 0.05) is 37.4 Å². The maximum Gasteiger partial charge on any atom is 0.223 e. The average molecular weight is 337 g/mol. The fraction of sp³-hybridized carbons (Fsp3) is 0.500. The van der Waals surface area contributed by atoms with E-state index in [-0.39, 0.29) is 0 Å². The molecular weight excluding hydrogens is 310 g/mol. The largest absolute Gasteiger partial charge is 0.350 e. The molecule has 0 aliphatic carbocycles. The lowest BCUT2D eigenvalue weighted by Crippen LogP contribution is -2.40. The smallest absolute Gasteiger partial charge is 0.223 e. The van der Waals surface area contributed by atoms with Crippen molar-refractivity contribution in [1.82, 2.24) is 20.2 Å². The molecule has 2 aliphatic rings. The zero-order valence-corrected chi connectivity index (χ0v) is 15.2. The van der Waals surface area contributed by atoms with E-state index < -0.39 is 0 Å². The molecule has 2 aromatic rings. The molecule has 0 radical (unpaired) electrons. The number of rotatable bonds is 4. The summed E-state index contributed by atoms with van der Waals surface area (Å²) in [6.07, 6.45) is 4.48. The van der Waals surface area contributed by atoms with Crippen LogP contribution in [0.15, 0.2) is 24.4 Å². The van der Waals surface area contributed by atoms with Gasteiger partial charge in [0.05, 0.1) is 5.69 Å². The van der Waals surface area contributed by atoms with Crippen LogP contribution in [-0.4, -0.2) is 34.0 Å². The Hall–Kier alpha value is -1.98. The van der Waals surface area contributed by atoms with Gasteiger partial charge in [0.1, 0.15) is 0 Å². The molecule has 5 heteroatoms. The van der Waals surface area contributed by atoms with Crippen LogP contribution >= 0.6 is 0 Å². The van der Waals surface area contributed by atoms with Crippen LogP contribution in [0, 0.1) is 13.8 Å². The number of hydrogen-bond donors (Lipinski definition) is 2. The lowest BCUT2D eigenvalue weighted by atomic mass is 10.1. The molecule has 3 heterocycles. The summed E-state index contributed by atoms with van der Waals surface area (Å²) < 4.78 is 0. The fourth-order valence-electron chi connectivity index (χ4n) is 4.05. The van der Waals surface area contributed by atoms with Crippen LogP contribution in [0.4, 0.5) is 5.95 Å². The van der Waals surface area contributed by atoms with Gasteiger partial charge in [0.25, 0.3) is 0 Å². The third-order valence-electron chi connectivity index (χ3n) is 5.24. The molecule has 1 aromatic heterocycles. The maximum absolute atomic E-state index is 4.78. The average Bonchev–Trinajstić information content (AvgIpc) is 3.03. The number of aromatic nitrogens is 2. The van der Waals surface area contributed by atoms with Crippen LogP contribution in [0.25, 0.3) is 0 Å². The molecule has 0 bridgehead atoms. The minimum Gasteiger partial charge on any atom is -0.350 e. The minimum atomic E-state index is 0.683. The van der Waals surface area contributed by atoms with Gasteiger partial charge >= 0.3 is 0 Å². The van der Waals surface area contributed by atoms with Gasteiger partial charge in [0.15, 0.2) is 0 Å². The number of nitrogens with one attached hydrogen (secondary N) is 2. The first-order valence-electron chi connectivity index (χ1n) is 9.28. The van der Waals surface area contributed by atoms with Crippen molar-refractivity contribution < 1.29 is 0 Å². The molecule has 1 saturated heterocycles. The topological polar surface area (TPSA) is 53.1 Å². The minimum absolute atomic E-state index is 0.683. The van der Waals surface area contributed by atoms with Crippen LogP contribution in [0.5, 0.6) is 0 Å². The lowest BCUT2D eigenvalue weighted by Gasteiger charge is -2.30. The van der Waals surface area contributed by atoms with Gasteiger partial charge in [0.2, 0.25) is 5.95 Å². The van der Waals surface area contributed by atoms with Gasteiger partial charge in [-0.1, -0.05) is 29.3 Å². The van der Waals surface area contributed by atoms with E-state index in [9.17, 15) is 0 Å². The Balaban J connectivity index is 1.41. The molecule has 1 aromatic carbocycles. The highest BCUT2D eigenvalue weighted by molar-refractivity contribution is 5.35. The van der Waals surface area contributed by atoms with Crippen molar-refractivity contribution in [2.24, 2.45) is 0 Å². The second-order valence-electron chi connectivity index (χ2n) is 7.40. The highest BCUT2D eigenvalue weighted by Crippen LogP contribution is 2.26. The molecular formula is C20H27N5. The Labute approximate surface area is 149 Å². The molecule has 0 atom stereocenters. The quantitative estimate of drug-likeness (QED) is 0.898. The van der Waals surface area contributed by atoms with Gasteiger partial charge in [-0.15, -0.1) is 0 Å². The van der Waals surface area contributed by atoms with Gasteiger partial charge in [-0.05, 0) is 45.3 Å². The Bertz CT molecular complexity index is 731. The van der Waals surface area contributed by atoms with Crippen molar-refractivity contribution in [1.29, 1.82) is 0 Å². The highest BCUT2D eigenvalue weighted by atomic mass is 15.2. The van der Waals surface area contributed by atoms with Crippen molar-refractivity contribution in [2.45, 2.75) is 52.4 Å². The molecule has 4 rings (SSSR count). The summed E-state index contributed by atoms with van der Waals surface area (Å²) in [5, 5.41) is 6.83. The van der Waals surface area contributed by atoms with Gasteiger partial charge in [-0.25, -0.2) is 9.97 Å². The number of piperidine rings is 1. The highest BCUT2D eigenvalue weighted by Gasteiger charge is 2.28.